The molecule has 32 heavy (non-hydrogen) atoms. The van der Waals surface area contributed by atoms with Crippen molar-refractivity contribution in [2.75, 3.05) is 24.5 Å². The van der Waals surface area contributed by atoms with Crippen LogP contribution < -0.4 is 10.6 Å². The number of anilines is 2. The van der Waals surface area contributed by atoms with Crippen molar-refractivity contribution in [3.05, 3.63) is 52.7 Å². The van der Waals surface area contributed by atoms with Crippen LogP contribution >= 0.6 is 0 Å². The number of amides is 1. The lowest BCUT2D eigenvalue weighted by molar-refractivity contribution is -0.0494. The van der Waals surface area contributed by atoms with Crippen LogP contribution in [0.25, 0.3) is 5.65 Å². The number of pyridine rings is 2. The maximum atomic E-state index is 13.4. The van der Waals surface area contributed by atoms with Gasteiger partial charge in [0, 0.05) is 63.7 Å². The maximum Gasteiger partial charge on any atom is 0.350 e. The van der Waals surface area contributed by atoms with E-state index in [0.717, 1.165) is 25.1 Å². The van der Waals surface area contributed by atoms with Crippen molar-refractivity contribution < 1.29 is 13.6 Å². The second-order valence-corrected chi connectivity index (χ2v) is 8.63. The molecule has 1 aliphatic carbocycles. The van der Waals surface area contributed by atoms with Gasteiger partial charge in [-0.2, -0.15) is 5.10 Å². The zero-order valence-electron chi connectivity index (χ0n) is 17.7. The van der Waals surface area contributed by atoms with Gasteiger partial charge in [-0.05, 0) is 37.0 Å². The van der Waals surface area contributed by atoms with E-state index >= 15 is 0 Å². The van der Waals surface area contributed by atoms with Crippen molar-refractivity contribution in [2.24, 2.45) is 13.0 Å². The molecule has 3 aromatic rings. The van der Waals surface area contributed by atoms with Crippen molar-refractivity contribution in [2.45, 2.75) is 31.6 Å². The summed E-state index contributed by atoms with van der Waals surface area (Å²) < 4.78 is 29.6. The lowest BCUT2D eigenvalue weighted by atomic mass is 10.1. The maximum absolute atomic E-state index is 13.4. The summed E-state index contributed by atoms with van der Waals surface area (Å²) in [7, 11) is 1.61. The second kappa shape index (κ2) is 7.68. The molecule has 0 atom stereocenters. The number of hydrogen-bond donors (Lipinski definition) is 0. The number of alkyl halides is 2. The highest BCUT2D eigenvalue weighted by Crippen LogP contribution is 2.35. The number of carbonyl (C=O) groups is 1. The van der Waals surface area contributed by atoms with Crippen LogP contribution in [0.1, 0.15) is 36.0 Å². The number of fused-ring (bicyclic) bond motifs is 1. The number of nitrogens with zero attached hydrogens (tertiary/aromatic N) is 6. The summed E-state index contributed by atoms with van der Waals surface area (Å²) in [6, 6.07) is 7.18. The SMILES string of the molecule is Cn1nc2cc(N(CC3CC3)c3ccc(C(=O)N4CCC(F)(F)CC4)cn3)ccn2c1=O. The first-order valence-corrected chi connectivity index (χ1v) is 10.8. The van der Waals surface area contributed by atoms with Crippen LogP contribution in [0, 0.1) is 5.92 Å². The summed E-state index contributed by atoms with van der Waals surface area (Å²) in [5.41, 5.74) is 1.58. The number of likely N-dealkylation sites (tertiary alicyclic amines) is 1. The Balaban J connectivity index is 1.39. The van der Waals surface area contributed by atoms with E-state index in [1.165, 1.54) is 20.2 Å². The van der Waals surface area contributed by atoms with E-state index in [1.54, 1.807) is 25.4 Å². The number of aromatic nitrogens is 4. The predicted octanol–water partition coefficient (Wildman–Crippen LogP) is 2.85. The van der Waals surface area contributed by atoms with E-state index in [0.29, 0.717) is 22.9 Å². The van der Waals surface area contributed by atoms with Crippen LogP contribution in [0.5, 0.6) is 0 Å². The normalized spacial score (nSPS) is 18.2. The van der Waals surface area contributed by atoms with Crippen molar-refractivity contribution >= 4 is 23.1 Å². The molecule has 0 N–H and O–H groups in total. The molecule has 168 valence electrons. The van der Waals surface area contributed by atoms with E-state index in [4.69, 9.17) is 0 Å². The number of carbonyl (C=O) groups excluding carboxylic acids is 1. The Morgan fingerprint density at radius 2 is 1.97 bits per heavy atom. The molecule has 2 fully saturated rings. The summed E-state index contributed by atoms with van der Waals surface area (Å²) in [5, 5.41) is 4.26. The molecule has 0 unspecified atom stereocenters. The number of halogens is 2. The van der Waals surface area contributed by atoms with Crippen LogP contribution in [0.2, 0.25) is 0 Å². The van der Waals surface area contributed by atoms with Crippen molar-refractivity contribution in [3.8, 4) is 0 Å². The van der Waals surface area contributed by atoms with Gasteiger partial charge in [0.05, 0.1) is 5.56 Å². The van der Waals surface area contributed by atoms with Gasteiger partial charge in [0.15, 0.2) is 5.65 Å². The summed E-state index contributed by atoms with van der Waals surface area (Å²) >= 11 is 0. The number of rotatable bonds is 5. The molecule has 1 saturated heterocycles. The zero-order valence-corrected chi connectivity index (χ0v) is 17.7. The standard InChI is InChI=1S/C22H24F2N6O2/c1-27-21(32)29-9-6-17(12-19(29)26-27)30(14-15-2-3-15)18-5-4-16(13-25-18)20(31)28-10-7-22(23,24)8-11-28/h4-6,9,12-13,15H,2-3,7-8,10-11,14H2,1H3. The third-order valence-corrected chi connectivity index (χ3v) is 6.16. The van der Waals surface area contributed by atoms with Crippen LogP contribution in [-0.2, 0) is 7.05 Å². The van der Waals surface area contributed by atoms with Gasteiger partial charge in [0.2, 0.25) is 0 Å². The molecule has 0 spiro atoms. The van der Waals surface area contributed by atoms with Crippen molar-refractivity contribution in [1.82, 2.24) is 24.1 Å². The molecule has 8 nitrogen and oxygen atoms in total. The first-order valence-electron chi connectivity index (χ1n) is 10.8. The van der Waals surface area contributed by atoms with Gasteiger partial charge >= 0.3 is 5.69 Å². The monoisotopic (exact) mass is 442 g/mol. The molecule has 4 heterocycles. The van der Waals surface area contributed by atoms with Crippen LogP contribution in [-0.4, -0.2) is 55.5 Å². The Hall–Kier alpha value is -3.30. The minimum Gasteiger partial charge on any atom is -0.338 e. The summed E-state index contributed by atoms with van der Waals surface area (Å²) in [6.07, 6.45) is 4.89. The minimum atomic E-state index is -2.69. The molecule has 1 saturated carbocycles. The van der Waals surface area contributed by atoms with E-state index in [2.05, 4.69) is 15.0 Å². The topological polar surface area (TPSA) is 75.7 Å². The molecule has 10 heteroatoms. The van der Waals surface area contributed by atoms with Crippen molar-refractivity contribution in [1.29, 1.82) is 0 Å². The number of aryl methyl sites for hydroxylation is 1. The smallest absolute Gasteiger partial charge is 0.338 e. The van der Waals surface area contributed by atoms with E-state index < -0.39 is 5.92 Å². The van der Waals surface area contributed by atoms with Gasteiger partial charge in [-0.25, -0.2) is 23.2 Å². The molecule has 0 bridgehead atoms. The number of hydrogen-bond acceptors (Lipinski definition) is 5. The Morgan fingerprint density at radius 3 is 2.62 bits per heavy atom. The predicted molar refractivity (Wildman–Crippen MR) is 114 cm³/mol. The Morgan fingerprint density at radius 1 is 1.22 bits per heavy atom. The molecular weight excluding hydrogens is 418 g/mol. The average Bonchev–Trinajstić information content (AvgIpc) is 3.56. The average molecular weight is 442 g/mol. The molecule has 2 aliphatic rings. The van der Waals surface area contributed by atoms with Crippen LogP contribution in [0.15, 0.2) is 41.5 Å². The molecule has 1 amide bonds. The zero-order chi connectivity index (χ0) is 22.5. The number of piperidine rings is 1. The first kappa shape index (κ1) is 20.6. The van der Waals surface area contributed by atoms with Gasteiger partial charge in [-0.1, -0.05) is 0 Å². The summed E-state index contributed by atoms with van der Waals surface area (Å²) in [4.78, 5) is 32.9. The Kier molecular flexibility index (Phi) is 4.94. The van der Waals surface area contributed by atoms with Gasteiger partial charge in [0.1, 0.15) is 5.82 Å². The third-order valence-electron chi connectivity index (χ3n) is 6.16. The lowest BCUT2D eigenvalue weighted by Gasteiger charge is -2.31. The lowest BCUT2D eigenvalue weighted by Crippen LogP contribution is -2.42. The Bertz CT molecular complexity index is 1210. The van der Waals surface area contributed by atoms with Gasteiger partial charge < -0.3 is 9.80 Å². The van der Waals surface area contributed by atoms with Crippen molar-refractivity contribution in [3.63, 3.8) is 0 Å². The van der Waals surface area contributed by atoms with Gasteiger partial charge in [-0.15, -0.1) is 0 Å². The minimum absolute atomic E-state index is 0.0465. The highest BCUT2D eigenvalue weighted by atomic mass is 19.3. The summed E-state index contributed by atoms with van der Waals surface area (Å²) in [6.45, 7) is 0.866. The molecular formula is C22H24F2N6O2. The van der Waals surface area contributed by atoms with Crippen LogP contribution in [0.3, 0.4) is 0 Å². The molecule has 3 aromatic heterocycles. The van der Waals surface area contributed by atoms with E-state index in [1.807, 2.05) is 12.1 Å². The molecule has 0 radical (unpaired) electrons. The fraction of sp³-hybridized carbons (Fsp3) is 0.455. The fourth-order valence-corrected chi connectivity index (χ4v) is 4.02. The highest BCUT2D eigenvalue weighted by molar-refractivity contribution is 5.94. The Labute approximate surface area is 183 Å². The van der Waals surface area contributed by atoms with E-state index in [9.17, 15) is 18.4 Å². The third kappa shape index (κ3) is 3.96. The largest absolute Gasteiger partial charge is 0.350 e. The van der Waals surface area contributed by atoms with Gasteiger partial charge in [-0.3, -0.25) is 9.20 Å². The first-order chi connectivity index (χ1) is 15.3. The van der Waals surface area contributed by atoms with Crippen LogP contribution in [0.4, 0.5) is 20.3 Å². The molecule has 1 aliphatic heterocycles. The van der Waals surface area contributed by atoms with E-state index in [-0.39, 0.29) is 37.5 Å². The summed E-state index contributed by atoms with van der Waals surface area (Å²) in [5.74, 6) is -1.72. The highest BCUT2D eigenvalue weighted by Gasteiger charge is 2.36. The van der Waals surface area contributed by atoms with Gasteiger partial charge in [0.25, 0.3) is 11.8 Å². The molecule has 5 rings (SSSR count). The molecule has 0 aromatic carbocycles. The second-order valence-electron chi connectivity index (χ2n) is 8.63. The fourth-order valence-electron chi connectivity index (χ4n) is 4.02. The quantitative estimate of drug-likeness (QED) is 0.608.